The van der Waals surface area contributed by atoms with Crippen molar-refractivity contribution >= 4 is 0 Å². The molecule has 1 fully saturated rings. The number of benzene rings is 2. The lowest BCUT2D eigenvalue weighted by Crippen LogP contribution is -2.51. The van der Waals surface area contributed by atoms with E-state index in [0.29, 0.717) is 29.0 Å². The van der Waals surface area contributed by atoms with E-state index in [-0.39, 0.29) is 18.4 Å². The van der Waals surface area contributed by atoms with E-state index in [1.54, 1.807) is 31.6 Å². The Kier molecular flexibility index (Phi) is 6.09. The average molecular weight is 446 g/mol. The second kappa shape index (κ2) is 8.83. The smallest absolute Gasteiger partial charge is 0.174 e. The summed E-state index contributed by atoms with van der Waals surface area (Å²) in [5, 5.41) is 28.8. The number of aromatic nitrogens is 1. The van der Waals surface area contributed by atoms with Gasteiger partial charge in [-0.15, -0.1) is 0 Å². The van der Waals surface area contributed by atoms with Crippen molar-refractivity contribution in [2.45, 2.75) is 23.5 Å². The van der Waals surface area contributed by atoms with Crippen LogP contribution in [0.5, 0.6) is 11.5 Å². The van der Waals surface area contributed by atoms with E-state index >= 15 is 0 Å². The zero-order chi connectivity index (χ0) is 23.6. The molecule has 0 bridgehead atoms. The molecular formula is C26H27N3O4. The largest absolute Gasteiger partial charge is 0.495 e. The lowest BCUT2D eigenvalue weighted by molar-refractivity contribution is -0.126. The molecule has 4 atom stereocenters. The third kappa shape index (κ3) is 3.10. The predicted molar refractivity (Wildman–Crippen MR) is 123 cm³/mol. The van der Waals surface area contributed by atoms with Crippen LogP contribution in [-0.4, -0.2) is 36.0 Å². The highest BCUT2D eigenvalue weighted by Gasteiger charge is 2.73. The Morgan fingerprint density at radius 2 is 1.85 bits per heavy atom. The van der Waals surface area contributed by atoms with Gasteiger partial charge in [-0.25, -0.2) is 0 Å². The van der Waals surface area contributed by atoms with Gasteiger partial charge in [0.25, 0.3) is 0 Å². The first-order valence-corrected chi connectivity index (χ1v) is 10.7. The molecule has 170 valence electrons. The van der Waals surface area contributed by atoms with Gasteiger partial charge in [0.05, 0.1) is 36.7 Å². The van der Waals surface area contributed by atoms with Crippen LogP contribution in [0.3, 0.4) is 0 Å². The Hall–Kier alpha value is -3.44. The van der Waals surface area contributed by atoms with Crippen molar-refractivity contribution < 1.29 is 19.7 Å². The summed E-state index contributed by atoms with van der Waals surface area (Å²) in [6.45, 7) is 0.284. The van der Waals surface area contributed by atoms with Crippen molar-refractivity contribution in [1.82, 2.24) is 4.98 Å². The first-order chi connectivity index (χ1) is 16.1. The van der Waals surface area contributed by atoms with Crippen molar-refractivity contribution in [2.75, 3.05) is 20.8 Å². The molecule has 0 saturated heterocycles. The number of rotatable bonds is 4. The SMILES string of the molecule is CO.COc1cncc2c1C1(O)C(CN)CC(c3ccccc3)C1(c1ccc(C#N)cc1)O2. The number of methoxy groups -OCH3 is 1. The highest BCUT2D eigenvalue weighted by molar-refractivity contribution is 5.58. The van der Waals surface area contributed by atoms with Crippen LogP contribution >= 0.6 is 0 Å². The average Bonchev–Trinajstić information content (AvgIpc) is 3.30. The van der Waals surface area contributed by atoms with Crippen LogP contribution in [0.1, 0.15) is 34.6 Å². The maximum Gasteiger partial charge on any atom is 0.174 e. The molecule has 2 aromatic carbocycles. The van der Waals surface area contributed by atoms with Gasteiger partial charge in [0.1, 0.15) is 17.1 Å². The molecule has 7 nitrogen and oxygen atoms in total. The second-order valence-corrected chi connectivity index (χ2v) is 8.14. The van der Waals surface area contributed by atoms with Gasteiger partial charge in [-0.3, -0.25) is 4.98 Å². The number of aliphatic hydroxyl groups excluding tert-OH is 1. The third-order valence-electron chi connectivity index (χ3n) is 6.85. The number of hydrogen-bond donors (Lipinski definition) is 3. The van der Waals surface area contributed by atoms with Crippen molar-refractivity contribution in [1.29, 1.82) is 5.26 Å². The third-order valence-corrected chi connectivity index (χ3v) is 6.85. The topological polar surface area (TPSA) is 122 Å². The number of nitrogens with zero attached hydrogens (tertiary/aromatic N) is 2. The fourth-order valence-electron chi connectivity index (χ4n) is 5.53. The Balaban J connectivity index is 0.00000126. The number of aliphatic hydroxyl groups is 2. The highest BCUT2D eigenvalue weighted by atomic mass is 16.5. The van der Waals surface area contributed by atoms with Crippen LogP contribution in [0.15, 0.2) is 67.0 Å². The molecule has 1 aliphatic heterocycles. The minimum Gasteiger partial charge on any atom is -0.495 e. The monoisotopic (exact) mass is 445 g/mol. The normalized spacial score (nSPS) is 26.8. The summed E-state index contributed by atoms with van der Waals surface area (Å²) in [5.41, 5.74) is 6.64. The van der Waals surface area contributed by atoms with E-state index in [9.17, 15) is 10.4 Å². The summed E-state index contributed by atoms with van der Waals surface area (Å²) in [4.78, 5) is 4.25. The molecular weight excluding hydrogens is 418 g/mol. The standard InChI is InChI=1S/C25H23N3O3.CH4O/c1-30-21-14-28-15-22-23(21)24(29)19(13-27)11-20(17-5-3-2-4-6-17)25(24,31-22)18-9-7-16(12-26)8-10-18;1-2/h2-10,14-15,19-20,29H,11,13,27H2,1H3;2H,1H3. The quantitative estimate of drug-likeness (QED) is 0.564. The lowest BCUT2D eigenvalue weighted by Gasteiger charge is -2.41. The molecule has 0 amide bonds. The fraction of sp³-hybridized carbons (Fsp3) is 0.308. The molecule has 1 aromatic heterocycles. The van der Waals surface area contributed by atoms with Gasteiger partial charge in [0, 0.05) is 18.9 Å². The number of fused-ring (bicyclic) bond motifs is 3. The molecule has 33 heavy (non-hydrogen) atoms. The van der Waals surface area contributed by atoms with Gasteiger partial charge in [-0.1, -0.05) is 42.5 Å². The van der Waals surface area contributed by atoms with Crippen LogP contribution in [0.25, 0.3) is 0 Å². The molecule has 3 aromatic rings. The lowest BCUT2D eigenvalue weighted by atomic mass is 9.70. The van der Waals surface area contributed by atoms with Crippen LogP contribution in [0.2, 0.25) is 0 Å². The highest BCUT2D eigenvalue weighted by Crippen LogP contribution is 2.69. The minimum atomic E-state index is -1.43. The molecule has 0 spiro atoms. The molecule has 2 aliphatic rings. The zero-order valence-electron chi connectivity index (χ0n) is 18.6. The van der Waals surface area contributed by atoms with Crippen molar-refractivity contribution in [2.24, 2.45) is 11.7 Å². The maximum absolute atomic E-state index is 12.5. The number of ether oxygens (including phenoxy) is 2. The fourth-order valence-corrected chi connectivity index (χ4v) is 5.53. The summed E-state index contributed by atoms with van der Waals surface area (Å²) in [6.07, 6.45) is 3.86. The number of hydrogen-bond acceptors (Lipinski definition) is 7. The summed E-state index contributed by atoms with van der Waals surface area (Å²) >= 11 is 0. The molecule has 5 rings (SSSR count). The Labute approximate surface area is 193 Å². The molecule has 4 unspecified atom stereocenters. The summed E-state index contributed by atoms with van der Waals surface area (Å²) in [5.74, 6) is 0.524. The van der Waals surface area contributed by atoms with Crippen LogP contribution < -0.4 is 15.2 Å². The summed E-state index contributed by atoms with van der Waals surface area (Å²) in [7, 11) is 2.56. The van der Waals surface area contributed by atoms with Gasteiger partial charge in [-0.2, -0.15) is 5.26 Å². The van der Waals surface area contributed by atoms with Crippen LogP contribution in [0.4, 0.5) is 0 Å². The number of nitriles is 1. The second-order valence-electron chi connectivity index (χ2n) is 8.14. The molecule has 4 N–H and O–H groups in total. The van der Waals surface area contributed by atoms with E-state index < -0.39 is 11.2 Å². The van der Waals surface area contributed by atoms with Crippen molar-refractivity contribution in [3.8, 4) is 17.6 Å². The van der Waals surface area contributed by atoms with Gasteiger partial charge < -0.3 is 25.4 Å². The Morgan fingerprint density at radius 3 is 2.45 bits per heavy atom. The van der Waals surface area contributed by atoms with Crippen LogP contribution in [-0.2, 0) is 11.2 Å². The van der Waals surface area contributed by atoms with Crippen LogP contribution in [0, 0.1) is 17.2 Å². The van der Waals surface area contributed by atoms with Gasteiger partial charge in [0.2, 0.25) is 0 Å². The van der Waals surface area contributed by atoms with E-state index in [0.717, 1.165) is 18.2 Å². The molecule has 1 aliphatic carbocycles. The minimum absolute atomic E-state index is 0.169. The molecule has 1 saturated carbocycles. The van der Waals surface area contributed by atoms with E-state index in [2.05, 4.69) is 23.2 Å². The first kappa shape index (κ1) is 22.7. The predicted octanol–water partition coefficient (Wildman–Crippen LogP) is 2.81. The zero-order valence-corrected chi connectivity index (χ0v) is 18.6. The van der Waals surface area contributed by atoms with Gasteiger partial charge in [-0.05, 0) is 36.2 Å². The molecule has 0 radical (unpaired) electrons. The Morgan fingerprint density at radius 1 is 1.15 bits per heavy atom. The molecule has 2 heterocycles. The van der Waals surface area contributed by atoms with Gasteiger partial charge >= 0.3 is 0 Å². The van der Waals surface area contributed by atoms with Crippen molar-refractivity contribution in [3.63, 3.8) is 0 Å². The maximum atomic E-state index is 12.5. The summed E-state index contributed by atoms with van der Waals surface area (Å²) in [6, 6.07) is 19.4. The first-order valence-electron chi connectivity index (χ1n) is 10.7. The van der Waals surface area contributed by atoms with E-state index in [4.69, 9.17) is 20.3 Å². The number of pyridine rings is 1. The Bertz CT molecular complexity index is 1160. The molecule has 7 heteroatoms. The summed E-state index contributed by atoms with van der Waals surface area (Å²) < 4.78 is 12.3. The van der Waals surface area contributed by atoms with Gasteiger partial charge in [0.15, 0.2) is 5.60 Å². The van der Waals surface area contributed by atoms with E-state index in [1.807, 2.05) is 30.3 Å². The van der Waals surface area contributed by atoms with Crippen molar-refractivity contribution in [3.05, 3.63) is 89.2 Å². The van der Waals surface area contributed by atoms with E-state index in [1.165, 1.54) is 0 Å². The number of nitrogens with two attached hydrogens (primary N) is 1.